The number of nitrogens with one attached hydrogen (secondary N) is 1. The van der Waals surface area contributed by atoms with Gasteiger partial charge in [-0.1, -0.05) is 31.5 Å². The summed E-state index contributed by atoms with van der Waals surface area (Å²) in [6, 6.07) is 16.0. The highest BCUT2D eigenvalue weighted by Gasteiger charge is 2.13. The van der Waals surface area contributed by atoms with Crippen LogP contribution in [0.4, 0.5) is 0 Å². The van der Waals surface area contributed by atoms with Crippen molar-refractivity contribution in [2.45, 2.75) is 26.8 Å². The highest BCUT2D eigenvalue weighted by molar-refractivity contribution is 6.30. The van der Waals surface area contributed by atoms with Gasteiger partial charge in [-0.05, 0) is 68.0 Å². The summed E-state index contributed by atoms with van der Waals surface area (Å²) in [4.78, 5) is 10.2. The quantitative estimate of drug-likeness (QED) is 0.277. The molecule has 0 bridgehead atoms. The van der Waals surface area contributed by atoms with Gasteiger partial charge in [0.1, 0.15) is 11.5 Å². The minimum atomic E-state index is 0. The third-order valence-electron chi connectivity index (χ3n) is 4.90. The predicted molar refractivity (Wildman–Crippen MR) is 140 cm³/mol. The first-order valence-corrected chi connectivity index (χ1v) is 10.9. The number of rotatable bonds is 8. The van der Waals surface area contributed by atoms with Gasteiger partial charge in [0.25, 0.3) is 0 Å². The second-order valence-electron chi connectivity index (χ2n) is 8.57. The molecule has 5 nitrogen and oxygen atoms in total. The van der Waals surface area contributed by atoms with Gasteiger partial charge in [0.05, 0.1) is 17.6 Å². The molecular formula is C25H30Cl3N3O2. The normalized spacial score (nSPS) is 11.0. The molecule has 1 N–H and O–H groups in total. The maximum Gasteiger partial charge on any atom is 0.174 e. The fraction of sp³-hybridized carbons (Fsp3) is 0.320. The highest BCUT2D eigenvalue weighted by atomic mass is 35.5. The highest BCUT2D eigenvalue weighted by Crippen LogP contribution is 2.29. The number of hydrogen-bond donors (Lipinski definition) is 1. The van der Waals surface area contributed by atoms with E-state index in [9.17, 15) is 0 Å². The molecule has 178 valence electrons. The fourth-order valence-corrected chi connectivity index (χ4v) is 3.70. The van der Waals surface area contributed by atoms with Crippen molar-refractivity contribution in [1.82, 2.24) is 14.9 Å². The second-order valence-corrected chi connectivity index (χ2v) is 9.01. The average Bonchev–Trinajstić information content (AvgIpc) is 3.33. The Hall–Kier alpha value is -2.18. The van der Waals surface area contributed by atoms with Crippen LogP contribution in [-0.4, -0.2) is 35.6 Å². The molecule has 33 heavy (non-hydrogen) atoms. The van der Waals surface area contributed by atoms with Gasteiger partial charge in [-0.25, -0.2) is 4.98 Å². The molecule has 0 spiro atoms. The van der Waals surface area contributed by atoms with Crippen molar-refractivity contribution in [2.75, 3.05) is 20.7 Å². The van der Waals surface area contributed by atoms with Crippen LogP contribution in [0.15, 0.2) is 52.9 Å². The fourth-order valence-electron chi connectivity index (χ4n) is 3.50. The lowest BCUT2D eigenvalue weighted by atomic mass is 10.1. The Morgan fingerprint density at radius 1 is 1.06 bits per heavy atom. The van der Waals surface area contributed by atoms with Crippen molar-refractivity contribution < 1.29 is 9.15 Å². The second kappa shape index (κ2) is 11.8. The lowest BCUT2D eigenvalue weighted by Gasteiger charge is -2.13. The first-order chi connectivity index (χ1) is 14.9. The predicted octanol–water partition coefficient (Wildman–Crippen LogP) is 7.01. The third-order valence-corrected chi connectivity index (χ3v) is 5.14. The minimum Gasteiger partial charge on any atom is -0.493 e. The van der Waals surface area contributed by atoms with Gasteiger partial charge in [-0.2, -0.15) is 0 Å². The smallest absolute Gasteiger partial charge is 0.174 e. The molecule has 0 saturated carbocycles. The maximum absolute atomic E-state index is 6.23. The molecule has 2 heterocycles. The summed E-state index contributed by atoms with van der Waals surface area (Å²) < 4.78 is 12.1. The molecule has 0 fully saturated rings. The van der Waals surface area contributed by atoms with Crippen molar-refractivity contribution in [3.63, 3.8) is 0 Å². The Labute approximate surface area is 212 Å². The molecule has 0 unspecified atom stereocenters. The summed E-state index contributed by atoms with van der Waals surface area (Å²) in [6.07, 6.45) is 0.598. The zero-order chi connectivity index (χ0) is 22.0. The number of ether oxygens (including phenoxy) is 1. The van der Waals surface area contributed by atoms with E-state index < -0.39 is 0 Å². The average molecular weight is 511 g/mol. The summed E-state index contributed by atoms with van der Waals surface area (Å²) in [5, 5.41) is 0.685. The van der Waals surface area contributed by atoms with E-state index in [1.165, 1.54) is 5.56 Å². The summed E-state index contributed by atoms with van der Waals surface area (Å²) in [5.74, 6) is 3.57. The van der Waals surface area contributed by atoms with Crippen LogP contribution in [-0.2, 0) is 13.0 Å². The Morgan fingerprint density at radius 3 is 2.58 bits per heavy atom. The monoisotopic (exact) mass is 509 g/mol. The Balaban J connectivity index is 0.00000193. The minimum absolute atomic E-state index is 0. The van der Waals surface area contributed by atoms with Crippen molar-refractivity contribution in [3.8, 4) is 17.3 Å². The molecule has 0 aliphatic carbocycles. The Bertz CT molecular complexity index is 1180. The number of aromatic nitrogens is 2. The van der Waals surface area contributed by atoms with E-state index in [1.54, 1.807) is 0 Å². The zero-order valence-electron chi connectivity index (χ0n) is 19.2. The lowest BCUT2D eigenvalue weighted by molar-refractivity contribution is 0.268. The number of benzene rings is 2. The van der Waals surface area contributed by atoms with Crippen LogP contribution < -0.4 is 4.74 Å². The molecule has 0 radical (unpaired) electrons. The topological polar surface area (TPSA) is 54.3 Å². The molecule has 4 rings (SSSR count). The maximum atomic E-state index is 6.23. The van der Waals surface area contributed by atoms with Gasteiger partial charge < -0.3 is 19.0 Å². The first kappa shape index (κ1) is 27.1. The van der Waals surface area contributed by atoms with Crippen molar-refractivity contribution in [3.05, 3.63) is 70.4 Å². The van der Waals surface area contributed by atoms with E-state index in [-0.39, 0.29) is 24.8 Å². The number of H-pyrrole nitrogens is 1. The molecule has 2 aromatic carbocycles. The number of halogens is 3. The third kappa shape index (κ3) is 6.90. The van der Waals surface area contributed by atoms with Crippen LogP contribution in [0.2, 0.25) is 5.02 Å². The molecule has 0 aliphatic heterocycles. The van der Waals surface area contributed by atoms with Gasteiger partial charge in [0.15, 0.2) is 11.6 Å². The van der Waals surface area contributed by atoms with Gasteiger partial charge in [-0.3, -0.25) is 0 Å². The van der Waals surface area contributed by atoms with Crippen LogP contribution in [0.3, 0.4) is 0 Å². The van der Waals surface area contributed by atoms with Gasteiger partial charge in [0.2, 0.25) is 0 Å². The van der Waals surface area contributed by atoms with Crippen LogP contribution in [0, 0.1) is 5.92 Å². The van der Waals surface area contributed by atoms with Gasteiger partial charge >= 0.3 is 0 Å². The Morgan fingerprint density at radius 2 is 1.85 bits per heavy atom. The molecule has 8 heteroatoms. The van der Waals surface area contributed by atoms with Crippen LogP contribution in [0.5, 0.6) is 5.75 Å². The van der Waals surface area contributed by atoms with Gasteiger partial charge in [-0.15, -0.1) is 24.8 Å². The first-order valence-electron chi connectivity index (χ1n) is 10.5. The molecule has 0 aliphatic rings. The van der Waals surface area contributed by atoms with E-state index in [2.05, 4.69) is 56.0 Å². The molecular weight excluding hydrogens is 481 g/mol. The van der Waals surface area contributed by atoms with Crippen LogP contribution in [0.1, 0.15) is 30.7 Å². The number of aromatic amines is 1. The molecule has 4 aromatic rings. The Kier molecular flexibility index (Phi) is 9.68. The number of furan rings is 1. The summed E-state index contributed by atoms with van der Waals surface area (Å²) in [7, 11) is 4.12. The van der Waals surface area contributed by atoms with Crippen molar-refractivity contribution >= 4 is 47.4 Å². The summed E-state index contributed by atoms with van der Waals surface area (Å²) >= 11 is 6.23. The zero-order valence-corrected chi connectivity index (χ0v) is 21.6. The van der Waals surface area contributed by atoms with E-state index in [0.717, 1.165) is 40.5 Å². The molecule has 0 saturated heterocycles. The number of fused-ring (bicyclic) bond motifs is 1. The molecule has 2 aromatic heterocycles. The van der Waals surface area contributed by atoms with E-state index in [1.807, 2.05) is 30.3 Å². The van der Waals surface area contributed by atoms with Crippen LogP contribution >= 0.6 is 36.4 Å². The van der Waals surface area contributed by atoms with Crippen molar-refractivity contribution in [2.24, 2.45) is 5.92 Å². The van der Waals surface area contributed by atoms with E-state index in [0.29, 0.717) is 29.7 Å². The van der Waals surface area contributed by atoms with Gasteiger partial charge in [0, 0.05) is 23.6 Å². The summed E-state index contributed by atoms with van der Waals surface area (Å²) in [5.41, 5.74) is 4.17. The molecule has 0 amide bonds. The van der Waals surface area contributed by atoms with E-state index in [4.69, 9.17) is 25.7 Å². The van der Waals surface area contributed by atoms with E-state index >= 15 is 0 Å². The number of imidazole rings is 1. The SMILES string of the molecule is CC(C)COc1ccc(Cl)cc1Cc1ccc(-c2nc3cc(CN(C)C)ccc3[nH]2)o1.Cl.Cl. The number of nitrogens with zero attached hydrogens (tertiary/aromatic N) is 2. The molecule has 0 atom stereocenters. The van der Waals surface area contributed by atoms with Crippen molar-refractivity contribution in [1.29, 1.82) is 0 Å². The lowest BCUT2D eigenvalue weighted by Crippen LogP contribution is -2.10. The largest absolute Gasteiger partial charge is 0.493 e. The van der Waals surface area contributed by atoms with Crippen LogP contribution in [0.25, 0.3) is 22.6 Å². The standard InChI is InChI=1S/C25H28ClN3O2.2ClH/c1-16(2)15-30-23-9-6-19(26)12-18(23)13-20-7-10-24(31-20)25-27-21-8-5-17(14-29(3)4)11-22(21)28-25;;/h5-12,16H,13-15H2,1-4H3,(H,27,28);2*1H. The summed E-state index contributed by atoms with van der Waals surface area (Å²) in [6.45, 7) is 5.80. The number of hydrogen-bond acceptors (Lipinski definition) is 4.